The van der Waals surface area contributed by atoms with Crippen LogP contribution in [-0.4, -0.2) is 42.0 Å². The summed E-state index contributed by atoms with van der Waals surface area (Å²) in [6.45, 7) is 6.22. The zero-order valence-electron chi connectivity index (χ0n) is 11.4. The molecular weight excluding hydrogens is 240 g/mol. The van der Waals surface area contributed by atoms with Gasteiger partial charge in [-0.05, 0) is 44.0 Å². The number of nitrogens with two attached hydrogens (primary N) is 1. The second-order valence-corrected chi connectivity index (χ2v) is 5.26. The Morgan fingerprint density at radius 3 is 2.95 bits per heavy atom. The summed E-state index contributed by atoms with van der Waals surface area (Å²) in [6.07, 6.45) is 4.17. The smallest absolute Gasteiger partial charge is 0.272 e. The Labute approximate surface area is 114 Å². The first-order valence-electron chi connectivity index (χ1n) is 6.88. The Hall–Kier alpha value is -1.62. The van der Waals surface area contributed by atoms with Crippen molar-refractivity contribution in [1.82, 2.24) is 15.2 Å². The van der Waals surface area contributed by atoms with Crippen LogP contribution in [0.1, 0.15) is 30.3 Å². The summed E-state index contributed by atoms with van der Waals surface area (Å²) in [7, 11) is 0. The number of pyridine rings is 1. The molecule has 0 spiro atoms. The molecule has 1 aliphatic heterocycles. The fraction of sp³-hybridized carbons (Fsp3) is 0.571. The largest absolute Gasteiger partial charge is 0.397 e. The van der Waals surface area contributed by atoms with Gasteiger partial charge in [0.25, 0.3) is 5.91 Å². The van der Waals surface area contributed by atoms with Gasteiger partial charge in [0, 0.05) is 19.3 Å². The van der Waals surface area contributed by atoms with E-state index >= 15 is 0 Å². The molecule has 1 atom stereocenters. The second kappa shape index (κ2) is 6.52. The van der Waals surface area contributed by atoms with Gasteiger partial charge < -0.3 is 16.0 Å². The molecule has 3 N–H and O–H groups in total. The number of likely N-dealkylation sites (tertiary alicyclic amines) is 1. The minimum atomic E-state index is -0.189. The van der Waals surface area contributed by atoms with Crippen LogP contribution in [0.4, 0.5) is 5.69 Å². The summed E-state index contributed by atoms with van der Waals surface area (Å²) in [5.41, 5.74) is 6.47. The van der Waals surface area contributed by atoms with Crippen molar-refractivity contribution in [1.29, 1.82) is 0 Å². The standard InChI is InChI=1S/C14H22N4O/c1-11(10-18-7-2-3-8-18)9-17-14(19)13-12(15)5-4-6-16-13/h4-6,11H,2-3,7-10,15H2,1H3,(H,17,19). The maximum absolute atomic E-state index is 11.9. The van der Waals surface area contributed by atoms with E-state index in [9.17, 15) is 4.79 Å². The quantitative estimate of drug-likeness (QED) is 0.834. The number of rotatable bonds is 5. The van der Waals surface area contributed by atoms with Crippen molar-refractivity contribution in [2.45, 2.75) is 19.8 Å². The first-order valence-corrected chi connectivity index (χ1v) is 6.88. The number of nitrogens with zero attached hydrogens (tertiary/aromatic N) is 2. The monoisotopic (exact) mass is 262 g/mol. The van der Waals surface area contributed by atoms with Crippen LogP contribution in [0.5, 0.6) is 0 Å². The van der Waals surface area contributed by atoms with E-state index in [-0.39, 0.29) is 5.91 Å². The van der Waals surface area contributed by atoms with Gasteiger partial charge in [0.15, 0.2) is 5.69 Å². The molecule has 0 aromatic carbocycles. The molecule has 5 nitrogen and oxygen atoms in total. The Morgan fingerprint density at radius 2 is 2.26 bits per heavy atom. The molecule has 2 heterocycles. The van der Waals surface area contributed by atoms with Crippen molar-refractivity contribution in [3.8, 4) is 0 Å². The molecule has 1 unspecified atom stereocenters. The van der Waals surface area contributed by atoms with Crippen LogP contribution >= 0.6 is 0 Å². The number of amides is 1. The van der Waals surface area contributed by atoms with Gasteiger partial charge in [-0.15, -0.1) is 0 Å². The summed E-state index contributed by atoms with van der Waals surface area (Å²) >= 11 is 0. The van der Waals surface area contributed by atoms with Crippen LogP contribution in [0.2, 0.25) is 0 Å². The zero-order chi connectivity index (χ0) is 13.7. The van der Waals surface area contributed by atoms with E-state index in [4.69, 9.17) is 5.73 Å². The van der Waals surface area contributed by atoms with E-state index in [2.05, 4.69) is 22.1 Å². The molecule has 0 aliphatic carbocycles. The van der Waals surface area contributed by atoms with Crippen molar-refractivity contribution in [3.63, 3.8) is 0 Å². The van der Waals surface area contributed by atoms with Gasteiger partial charge in [0.1, 0.15) is 0 Å². The van der Waals surface area contributed by atoms with Crippen molar-refractivity contribution >= 4 is 11.6 Å². The molecule has 0 bridgehead atoms. The van der Waals surface area contributed by atoms with Crippen molar-refractivity contribution in [2.75, 3.05) is 31.9 Å². The lowest BCUT2D eigenvalue weighted by molar-refractivity contribution is 0.0941. The maximum atomic E-state index is 11.9. The van der Waals surface area contributed by atoms with Crippen LogP contribution in [0.3, 0.4) is 0 Å². The number of aromatic nitrogens is 1. The fourth-order valence-electron chi connectivity index (χ4n) is 2.43. The Balaban J connectivity index is 1.78. The fourth-order valence-corrected chi connectivity index (χ4v) is 2.43. The van der Waals surface area contributed by atoms with Crippen LogP contribution in [-0.2, 0) is 0 Å². The maximum Gasteiger partial charge on any atom is 0.272 e. The number of nitrogen functional groups attached to an aromatic ring is 1. The SMILES string of the molecule is CC(CNC(=O)c1ncccc1N)CN1CCCC1. The Bertz CT molecular complexity index is 429. The minimum absolute atomic E-state index is 0.189. The van der Waals surface area contributed by atoms with Gasteiger partial charge in [0.2, 0.25) is 0 Å². The highest BCUT2D eigenvalue weighted by atomic mass is 16.1. The number of hydrogen-bond acceptors (Lipinski definition) is 4. The summed E-state index contributed by atoms with van der Waals surface area (Å²) < 4.78 is 0. The first kappa shape index (κ1) is 13.8. The van der Waals surface area contributed by atoms with E-state index in [0.29, 0.717) is 23.8 Å². The molecule has 1 aromatic rings. The molecule has 1 amide bonds. The highest BCUT2D eigenvalue weighted by Crippen LogP contribution is 2.10. The number of anilines is 1. The molecule has 0 saturated carbocycles. The molecule has 5 heteroatoms. The van der Waals surface area contributed by atoms with Crippen molar-refractivity contribution in [3.05, 3.63) is 24.0 Å². The van der Waals surface area contributed by atoms with E-state index in [0.717, 1.165) is 6.54 Å². The summed E-state index contributed by atoms with van der Waals surface area (Å²) in [5, 5.41) is 2.91. The van der Waals surface area contributed by atoms with E-state index in [1.807, 2.05) is 0 Å². The third kappa shape index (κ3) is 3.92. The highest BCUT2D eigenvalue weighted by molar-refractivity contribution is 5.96. The van der Waals surface area contributed by atoms with E-state index < -0.39 is 0 Å². The average molecular weight is 262 g/mol. The third-order valence-corrected chi connectivity index (χ3v) is 3.43. The van der Waals surface area contributed by atoms with Crippen molar-refractivity contribution < 1.29 is 4.79 Å². The van der Waals surface area contributed by atoms with Gasteiger partial charge in [-0.3, -0.25) is 4.79 Å². The first-order chi connectivity index (χ1) is 9.16. The number of nitrogens with one attached hydrogen (secondary N) is 1. The van der Waals surface area contributed by atoms with Crippen LogP contribution in [0.25, 0.3) is 0 Å². The second-order valence-electron chi connectivity index (χ2n) is 5.26. The van der Waals surface area contributed by atoms with Gasteiger partial charge in [-0.2, -0.15) is 0 Å². The average Bonchev–Trinajstić information content (AvgIpc) is 2.89. The molecule has 2 rings (SSSR count). The number of carbonyl (C=O) groups is 1. The normalized spacial score (nSPS) is 17.3. The topological polar surface area (TPSA) is 71.2 Å². The van der Waals surface area contributed by atoms with E-state index in [1.165, 1.54) is 25.9 Å². The van der Waals surface area contributed by atoms with Gasteiger partial charge in [-0.25, -0.2) is 4.98 Å². The number of hydrogen-bond donors (Lipinski definition) is 2. The molecule has 1 aliphatic rings. The molecule has 104 valence electrons. The predicted molar refractivity (Wildman–Crippen MR) is 75.8 cm³/mol. The molecule has 1 saturated heterocycles. The molecule has 19 heavy (non-hydrogen) atoms. The van der Waals surface area contributed by atoms with Crippen LogP contribution in [0, 0.1) is 5.92 Å². The van der Waals surface area contributed by atoms with Gasteiger partial charge in [-0.1, -0.05) is 6.92 Å². The molecular formula is C14H22N4O. The molecule has 0 radical (unpaired) electrons. The van der Waals surface area contributed by atoms with Crippen LogP contribution < -0.4 is 11.1 Å². The lowest BCUT2D eigenvalue weighted by atomic mass is 10.1. The minimum Gasteiger partial charge on any atom is -0.397 e. The van der Waals surface area contributed by atoms with Gasteiger partial charge >= 0.3 is 0 Å². The van der Waals surface area contributed by atoms with E-state index in [1.54, 1.807) is 18.3 Å². The Morgan fingerprint density at radius 1 is 1.53 bits per heavy atom. The lowest BCUT2D eigenvalue weighted by Crippen LogP contribution is -2.35. The number of carbonyl (C=O) groups excluding carboxylic acids is 1. The molecule has 1 fully saturated rings. The highest BCUT2D eigenvalue weighted by Gasteiger charge is 2.16. The lowest BCUT2D eigenvalue weighted by Gasteiger charge is -2.20. The summed E-state index contributed by atoms with van der Waals surface area (Å²) in [5.74, 6) is 0.248. The van der Waals surface area contributed by atoms with Gasteiger partial charge in [0.05, 0.1) is 5.69 Å². The predicted octanol–water partition coefficient (Wildman–Crippen LogP) is 1.13. The Kier molecular flexibility index (Phi) is 4.74. The molecule has 1 aromatic heterocycles. The third-order valence-electron chi connectivity index (χ3n) is 3.43. The van der Waals surface area contributed by atoms with Crippen LogP contribution in [0.15, 0.2) is 18.3 Å². The van der Waals surface area contributed by atoms with Crippen molar-refractivity contribution in [2.24, 2.45) is 5.92 Å². The summed E-state index contributed by atoms with van der Waals surface area (Å²) in [4.78, 5) is 18.4. The zero-order valence-corrected chi connectivity index (χ0v) is 11.4. The summed E-state index contributed by atoms with van der Waals surface area (Å²) in [6, 6.07) is 3.41.